The molecule has 0 atom stereocenters. The van der Waals surface area contributed by atoms with Gasteiger partial charge in [-0.1, -0.05) is 20.8 Å². The van der Waals surface area contributed by atoms with Crippen LogP contribution >= 0.6 is 0 Å². The fourth-order valence-electron chi connectivity index (χ4n) is 2.20. The van der Waals surface area contributed by atoms with E-state index in [0.29, 0.717) is 29.1 Å². The molecule has 0 aliphatic carbocycles. The number of ether oxygens (including phenoxy) is 1. The molecule has 7 heteroatoms. The maximum Gasteiger partial charge on any atom is 0.341 e. The molecule has 2 aromatic rings. The van der Waals surface area contributed by atoms with Crippen molar-refractivity contribution in [2.75, 3.05) is 18.5 Å². The van der Waals surface area contributed by atoms with Gasteiger partial charge in [0.2, 0.25) is 0 Å². The summed E-state index contributed by atoms with van der Waals surface area (Å²) in [5.74, 6) is -1.17. The van der Waals surface area contributed by atoms with Crippen molar-refractivity contribution in [2.24, 2.45) is 5.41 Å². The number of carbonyl (C=O) groups excluding carboxylic acids is 2. The van der Waals surface area contributed by atoms with Gasteiger partial charge >= 0.3 is 5.97 Å². The van der Waals surface area contributed by atoms with Crippen molar-refractivity contribution < 1.29 is 24.2 Å². The Hall–Kier alpha value is -3.35. The number of rotatable bonds is 7. The molecule has 0 fully saturated rings. The number of carboxylic acid groups (broad SMARTS) is 1. The van der Waals surface area contributed by atoms with E-state index in [2.05, 4.69) is 10.6 Å². The Bertz CT molecular complexity index is 837. The second-order valence-electron chi connectivity index (χ2n) is 7.48. The van der Waals surface area contributed by atoms with E-state index in [1.165, 1.54) is 0 Å². The predicted molar refractivity (Wildman–Crippen MR) is 106 cm³/mol. The Morgan fingerprint density at radius 2 is 1.43 bits per heavy atom. The van der Waals surface area contributed by atoms with Gasteiger partial charge in [0.25, 0.3) is 11.8 Å². The number of nitrogens with one attached hydrogen (secondary N) is 2. The number of anilines is 1. The number of amides is 2. The molecule has 148 valence electrons. The standard InChI is InChI=1S/C21H24N2O5/c1-21(2,3)13-22-19(26)14-4-6-15(7-5-14)20(27)23-16-8-10-17(11-9-16)28-12-18(24)25/h4-11H,12-13H2,1-3H3,(H,22,26)(H,23,27)(H,24,25). The number of carbonyl (C=O) groups is 3. The first-order valence-corrected chi connectivity index (χ1v) is 8.78. The van der Waals surface area contributed by atoms with Gasteiger partial charge in [0.1, 0.15) is 5.75 Å². The summed E-state index contributed by atoms with van der Waals surface area (Å²) in [6.07, 6.45) is 0. The zero-order chi connectivity index (χ0) is 20.7. The van der Waals surface area contributed by atoms with E-state index in [4.69, 9.17) is 9.84 Å². The molecular formula is C21H24N2O5. The van der Waals surface area contributed by atoms with E-state index < -0.39 is 12.6 Å². The van der Waals surface area contributed by atoms with Crippen molar-refractivity contribution >= 4 is 23.5 Å². The highest BCUT2D eigenvalue weighted by molar-refractivity contribution is 6.05. The highest BCUT2D eigenvalue weighted by atomic mass is 16.5. The van der Waals surface area contributed by atoms with Crippen LogP contribution in [0, 0.1) is 5.41 Å². The molecule has 0 saturated heterocycles. The lowest BCUT2D eigenvalue weighted by molar-refractivity contribution is -0.139. The third kappa shape index (κ3) is 6.75. The molecule has 7 nitrogen and oxygen atoms in total. The predicted octanol–water partition coefficient (Wildman–Crippen LogP) is 3.18. The molecule has 28 heavy (non-hydrogen) atoms. The number of aliphatic carboxylic acids is 1. The summed E-state index contributed by atoms with van der Waals surface area (Å²) in [5.41, 5.74) is 1.43. The number of benzene rings is 2. The first-order valence-electron chi connectivity index (χ1n) is 8.78. The van der Waals surface area contributed by atoms with Crippen molar-refractivity contribution in [1.82, 2.24) is 5.32 Å². The van der Waals surface area contributed by atoms with E-state index in [0.717, 1.165) is 0 Å². The van der Waals surface area contributed by atoms with E-state index in [1.54, 1.807) is 48.5 Å². The van der Waals surface area contributed by atoms with Crippen molar-refractivity contribution in [1.29, 1.82) is 0 Å². The van der Waals surface area contributed by atoms with Crippen LogP contribution in [0.5, 0.6) is 5.75 Å². The molecule has 0 saturated carbocycles. The summed E-state index contributed by atoms with van der Waals surface area (Å²) in [4.78, 5) is 34.9. The van der Waals surface area contributed by atoms with E-state index in [-0.39, 0.29) is 17.2 Å². The van der Waals surface area contributed by atoms with Crippen molar-refractivity contribution in [2.45, 2.75) is 20.8 Å². The van der Waals surface area contributed by atoms with Gasteiger partial charge in [0, 0.05) is 23.4 Å². The Kier molecular flexibility index (Phi) is 6.76. The Morgan fingerprint density at radius 3 is 1.93 bits per heavy atom. The van der Waals surface area contributed by atoms with Gasteiger partial charge in [-0.3, -0.25) is 9.59 Å². The molecule has 0 bridgehead atoms. The van der Waals surface area contributed by atoms with Gasteiger partial charge in [-0.25, -0.2) is 4.79 Å². The van der Waals surface area contributed by atoms with E-state index in [9.17, 15) is 14.4 Å². The smallest absolute Gasteiger partial charge is 0.341 e. The topological polar surface area (TPSA) is 105 Å². The lowest BCUT2D eigenvalue weighted by atomic mass is 9.97. The molecule has 0 aliphatic heterocycles. The summed E-state index contributed by atoms with van der Waals surface area (Å²) in [6, 6.07) is 12.8. The highest BCUT2D eigenvalue weighted by Gasteiger charge is 2.14. The van der Waals surface area contributed by atoms with E-state index >= 15 is 0 Å². The normalized spacial score (nSPS) is 10.8. The number of hydrogen-bond donors (Lipinski definition) is 3. The monoisotopic (exact) mass is 384 g/mol. The number of hydrogen-bond acceptors (Lipinski definition) is 4. The molecule has 0 aliphatic rings. The largest absolute Gasteiger partial charge is 0.482 e. The molecule has 2 amide bonds. The van der Waals surface area contributed by atoms with Gasteiger partial charge in [0.15, 0.2) is 6.61 Å². The first kappa shape index (κ1) is 21.0. The molecule has 2 rings (SSSR count). The minimum absolute atomic E-state index is 0.0102. The first-order chi connectivity index (χ1) is 13.1. The average Bonchev–Trinajstić information content (AvgIpc) is 2.65. The zero-order valence-corrected chi connectivity index (χ0v) is 16.1. The summed E-state index contributed by atoms with van der Waals surface area (Å²) in [5, 5.41) is 14.2. The fourth-order valence-corrected chi connectivity index (χ4v) is 2.20. The fraction of sp³-hybridized carbons (Fsp3) is 0.286. The minimum atomic E-state index is -1.06. The molecule has 0 spiro atoms. The third-order valence-corrected chi connectivity index (χ3v) is 3.66. The summed E-state index contributed by atoms with van der Waals surface area (Å²) in [6.45, 7) is 6.23. The van der Waals surface area contributed by atoms with Crippen LogP contribution in [-0.2, 0) is 4.79 Å². The lowest BCUT2D eigenvalue weighted by Crippen LogP contribution is -2.32. The molecule has 3 N–H and O–H groups in total. The van der Waals surface area contributed by atoms with Crippen LogP contribution in [0.25, 0.3) is 0 Å². The average molecular weight is 384 g/mol. The van der Waals surface area contributed by atoms with Gasteiger partial charge in [-0.15, -0.1) is 0 Å². The summed E-state index contributed by atoms with van der Waals surface area (Å²) in [7, 11) is 0. The SMILES string of the molecule is CC(C)(C)CNC(=O)c1ccc(C(=O)Nc2ccc(OCC(=O)O)cc2)cc1. The third-order valence-electron chi connectivity index (χ3n) is 3.66. The van der Waals surface area contributed by atoms with E-state index in [1.807, 2.05) is 20.8 Å². The molecule has 0 heterocycles. The minimum Gasteiger partial charge on any atom is -0.482 e. The van der Waals surface area contributed by atoms with Gasteiger partial charge in [-0.2, -0.15) is 0 Å². The van der Waals surface area contributed by atoms with Crippen molar-refractivity contribution in [3.05, 3.63) is 59.7 Å². The van der Waals surface area contributed by atoms with Crippen LogP contribution in [0.15, 0.2) is 48.5 Å². The maximum atomic E-state index is 12.3. The molecule has 0 unspecified atom stereocenters. The molecular weight excluding hydrogens is 360 g/mol. The van der Waals surface area contributed by atoms with Crippen LogP contribution in [0.2, 0.25) is 0 Å². The highest BCUT2D eigenvalue weighted by Crippen LogP contribution is 2.17. The van der Waals surface area contributed by atoms with Crippen LogP contribution in [0.3, 0.4) is 0 Å². The van der Waals surface area contributed by atoms with Crippen molar-refractivity contribution in [3.63, 3.8) is 0 Å². The second kappa shape index (κ2) is 9.03. The zero-order valence-electron chi connectivity index (χ0n) is 16.1. The van der Waals surface area contributed by atoms with Crippen LogP contribution < -0.4 is 15.4 Å². The van der Waals surface area contributed by atoms with Gasteiger partial charge in [0.05, 0.1) is 0 Å². The molecule has 2 aromatic carbocycles. The molecule has 0 radical (unpaired) electrons. The van der Waals surface area contributed by atoms with Gasteiger partial charge in [-0.05, 0) is 53.9 Å². The quantitative estimate of drug-likeness (QED) is 0.680. The Labute approximate surface area is 163 Å². The number of carboxylic acids is 1. The van der Waals surface area contributed by atoms with Crippen LogP contribution in [-0.4, -0.2) is 36.0 Å². The lowest BCUT2D eigenvalue weighted by Gasteiger charge is -2.18. The molecule has 0 aromatic heterocycles. The maximum absolute atomic E-state index is 12.3. The van der Waals surface area contributed by atoms with Gasteiger partial charge < -0.3 is 20.5 Å². The summed E-state index contributed by atoms with van der Waals surface area (Å²) >= 11 is 0. The Morgan fingerprint density at radius 1 is 0.893 bits per heavy atom. The van der Waals surface area contributed by atoms with Crippen LogP contribution in [0.4, 0.5) is 5.69 Å². The summed E-state index contributed by atoms with van der Waals surface area (Å²) < 4.78 is 5.04. The van der Waals surface area contributed by atoms with Crippen LogP contribution in [0.1, 0.15) is 41.5 Å². The Balaban J connectivity index is 1.93. The second-order valence-corrected chi connectivity index (χ2v) is 7.48. The van der Waals surface area contributed by atoms with Crippen molar-refractivity contribution in [3.8, 4) is 5.75 Å².